The van der Waals surface area contributed by atoms with Crippen molar-refractivity contribution >= 4 is 5.91 Å². The summed E-state index contributed by atoms with van der Waals surface area (Å²) in [5.41, 5.74) is -0.605. The molecule has 2 aliphatic rings. The van der Waals surface area contributed by atoms with Gasteiger partial charge in [-0.25, -0.2) is 0 Å². The van der Waals surface area contributed by atoms with Crippen molar-refractivity contribution in [1.29, 1.82) is 5.26 Å². The van der Waals surface area contributed by atoms with E-state index in [1.165, 1.54) is 0 Å². The fourth-order valence-corrected chi connectivity index (χ4v) is 2.79. The summed E-state index contributed by atoms with van der Waals surface area (Å²) in [6.07, 6.45) is 5.79. The number of piperidine rings is 1. The van der Waals surface area contributed by atoms with Gasteiger partial charge < -0.3 is 10.2 Å². The van der Waals surface area contributed by atoms with Crippen LogP contribution in [0.15, 0.2) is 0 Å². The molecule has 1 amide bonds. The summed E-state index contributed by atoms with van der Waals surface area (Å²) >= 11 is 0. The van der Waals surface area contributed by atoms with Crippen molar-refractivity contribution in [3.05, 3.63) is 0 Å². The van der Waals surface area contributed by atoms with Gasteiger partial charge in [0.15, 0.2) is 0 Å². The molecule has 1 saturated heterocycles. The van der Waals surface area contributed by atoms with Crippen LogP contribution < -0.4 is 5.32 Å². The first-order valence-corrected chi connectivity index (χ1v) is 6.57. The molecule has 4 heteroatoms. The average Bonchev–Trinajstić information content (AvgIpc) is 2.86. The molecule has 0 bridgehead atoms. The highest BCUT2D eigenvalue weighted by Crippen LogP contribution is 2.27. The van der Waals surface area contributed by atoms with Gasteiger partial charge in [0.1, 0.15) is 5.54 Å². The lowest BCUT2D eigenvalue weighted by Crippen LogP contribution is -2.54. The monoisotopic (exact) mass is 235 g/mol. The number of nitrogens with zero attached hydrogens (tertiary/aromatic N) is 2. The van der Waals surface area contributed by atoms with Gasteiger partial charge in [-0.1, -0.05) is 12.8 Å². The normalized spacial score (nSPS) is 25.4. The number of likely N-dealkylation sites (tertiary alicyclic amines) is 1. The Kier molecular flexibility index (Phi) is 3.68. The Balaban J connectivity index is 1.95. The summed E-state index contributed by atoms with van der Waals surface area (Å²) < 4.78 is 0. The quantitative estimate of drug-likeness (QED) is 0.784. The van der Waals surface area contributed by atoms with Gasteiger partial charge in [0, 0.05) is 19.0 Å². The third-order valence-corrected chi connectivity index (χ3v) is 4.14. The Morgan fingerprint density at radius 1 is 1.35 bits per heavy atom. The molecule has 0 unspecified atom stereocenters. The van der Waals surface area contributed by atoms with Crippen LogP contribution in [0.4, 0.5) is 0 Å². The number of hydrogen-bond donors (Lipinski definition) is 1. The van der Waals surface area contributed by atoms with Crippen molar-refractivity contribution in [3.8, 4) is 6.07 Å². The predicted octanol–water partition coefficient (Wildman–Crippen LogP) is 1.28. The fourth-order valence-electron chi connectivity index (χ4n) is 2.79. The topological polar surface area (TPSA) is 56.1 Å². The van der Waals surface area contributed by atoms with Gasteiger partial charge in [0.2, 0.25) is 5.91 Å². The average molecular weight is 235 g/mol. The standard InChI is InChI=1S/C13H21N3O/c1-16-8-6-13(10-14,7-9-16)15-12(17)11-4-2-3-5-11/h11H,2-9H2,1H3,(H,15,17). The van der Waals surface area contributed by atoms with Crippen molar-refractivity contribution in [2.24, 2.45) is 5.92 Å². The van der Waals surface area contributed by atoms with E-state index in [0.29, 0.717) is 0 Å². The molecule has 4 nitrogen and oxygen atoms in total. The molecule has 1 heterocycles. The van der Waals surface area contributed by atoms with Crippen LogP contribution in [0, 0.1) is 17.2 Å². The van der Waals surface area contributed by atoms with Gasteiger partial charge >= 0.3 is 0 Å². The minimum absolute atomic E-state index is 0.105. The second-order valence-corrected chi connectivity index (χ2v) is 5.47. The predicted molar refractivity (Wildman–Crippen MR) is 65.2 cm³/mol. The summed E-state index contributed by atoms with van der Waals surface area (Å²) in [7, 11) is 2.06. The molecule has 1 aliphatic carbocycles. The van der Waals surface area contributed by atoms with E-state index in [1.807, 2.05) is 0 Å². The van der Waals surface area contributed by atoms with Crippen LogP contribution in [0.2, 0.25) is 0 Å². The first-order valence-electron chi connectivity index (χ1n) is 6.57. The largest absolute Gasteiger partial charge is 0.337 e. The van der Waals surface area contributed by atoms with Gasteiger partial charge in [0.05, 0.1) is 6.07 Å². The summed E-state index contributed by atoms with van der Waals surface area (Å²) in [6.45, 7) is 1.77. The summed E-state index contributed by atoms with van der Waals surface area (Å²) in [6, 6.07) is 2.33. The number of carbonyl (C=O) groups is 1. The van der Waals surface area contributed by atoms with Crippen LogP contribution in [0.1, 0.15) is 38.5 Å². The van der Waals surface area contributed by atoms with E-state index in [9.17, 15) is 10.1 Å². The van der Waals surface area contributed by atoms with Crippen molar-refractivity contribution in [2.45, 2.75) is 44.1 Å². The smallest absolute Gasteiger partial charge is 0.224 e. The van der Waals surface area contributed by atoms with Gasteiger partial charge in [-0.2, -0.15) is 5.26 Å². The molecule has 0 radical (unpaired) electrons. The highest BCUT2D eigenvalue weighted by Gasteiger charge is 2.37. The number of rotatable bonds is 2. The molecule has 0 aromatic heterocycles. The van der Waals surface area contributed by atoms with Gasteiger partial charge in [-0.15, -0.1) is 0 Å². The maximum Gasteiger partial charge on any atom is 0.224 e. The number of amides is 1. The zero-order chi connectivity index (χ0) is 12.3. The molecule has 0 aromatic rings. The van der Waals surface area contributed by atoms with Crippen LogP contribution in [0.5, 0.6) is 0 Å². The molecule has 2 rings (SSSR count). The Hall–Kier alpha value is -1.08. The Morgan fingerprint density at radius 2 is 1.94 bits per heavy atom. The molecule has 1 saturated carbocycles. The molecule has 0 atom stereocenters. The SMILES string of the molecule is CN1CCC(C#N)(NC(=O)C2CCCC2)CC1. The van der Waals surface area contributed by atoms with E-state index in [2.05, 4.69) is 23.3 Å². The lowest BCUT2D eigenvalue weighted by Gasteiger charge is -2.36. The maximum atomic E-state index is 12.1. The van der Waals surface area contributed by atoms with Gasteiger partial charge in [-0.05, 0) is 32.7 Å². The first kappa shape index (κ1) is 12.4. The van der Waals surface area contributed by atoms with E-state index in [-0.39, 0.29) is 11.8 Å². The van der Waals surface area contributed by atoms with Crippen LogP contribution in [0.3, 0.4) is 0 Å². The zero-order valence-electron chi connectivity index (χ0n) is 10.5. The van der Waals surface area contributed by atoms with Crippen LogP contribution >= 0.6 is 0 Å². The maximum absolute atomic E-state index is 12.1. The third kappa shape index (κ3) is 2.78. The van der Waals surface area contributed by atoms with Crippen LogP contribution in [-0.4, -0.2) is 36.5 Å². The van der Waals surface area contributed by atoms with Gasteiger partial charge in [-0.3, -0.25) is 4.79 Å². The molecule has 0 spiro atoms. The molecule has 2 fully saturated rings. The molecular formula is C13H21N3O. The number of hydrogen-bond acceptors (Lipinski definition) is 3. The van der Waals surface area contributed by atoms with E-state index >= 15 is 0 Å². The first-order chi connectivity index (χ1) is 8.15. The van der Waals surface area contributed by atoms with E-state index < -0.39 is 5.54 Å². The zero-order valence-corrected chi connectivity index (χ0v) is 10.5. The fraction of sp³-hybridized carbons (Fsp3) is 0.846. The lowest BCUT2D eigenvalue weighted by molar-refractivity contribution is -0.126. The summed E-state index contributed by atoms with van der Waals surface area (Å²) in [5, 5.41) is 12.4. The molecular weight excluding hydrogens is 214 g/mol. The number of nitrogens with one attached hydrogen (secondary N) is 1. The van der Waals surface area contributed by atoms with Crippen LogP contribution in [-0.2, 0) is 4.79 Å². The van der Waals surface area contributed by atoms with Crippen LogP contribution in [0.25, 0.3) is 0 Å². The lowest BCUT2D eigenvalue weighted by atomic mass is 9.88. The highest BCUT2D eigenvalue weighted by molar-refractivity contribution is 5.80. The van der Waals surface area contributed by atoms with Crippen molar-refractivity contribution < 1.29 is 4.79 Å². The minimum Gasteiger partial charge on any atom is -0.337 e. The summed E-state index contributed by atoms with van der Waals surface area (Å²) in [4.78, 5) is 14.3. The summed E-state index contributed by atoms with van der Waals surface area (Å²) in [5.74, 6) is 0.258. The second-order valence-electron chi connectivity index (χ2n) is 5.47. The van der Waals surface area contributed by atoms with E-state index in [4.69, 9.17) is 0 Å². The number of carbonyl (C=O) groups excluding carboxylic acids is 1. The van der Waals surface area contributed by atoms with Crippen molar-refractivity contribution in [3.63, 3.8) is 0 Å². The Bertz CT molecular complexity index is 320. The number of nitriles is 1. The molecule has 1 N–H and O–H groups in total. The van der Waals surface area contributed by atoms with Crippen molar-refractivity contribution in [2.75, 3.05) is 20.1 Å². The second kappa shape index (κ2) is 5.05. The van der Waals surface area contributed by atoms with Crippen molar-refractivity contribution in [1.82, 2.24) is 10.2 Å². The van der Waals surface area contributed by atoms with Gasteiger partial charge in [0.25, 0.3) is 0 Å². The van der Waals surface area contributed by atoms with E-state index in [0.717, 1.165) is 51.6 Å². The molecule has 0 aromatic carbocycles. The Morgan fingerprint density at radius 3 is 2.47 bits per heavy atom. The minimum atomic E-state index is -0.605. The third-order valence-electron chi connectivity index (χ3n) is 4.14. The Labute approximate surface area is 103 Å². The highest BCUT2D eigenvalue weighted by atomic mass is 16.2. The molecule has 17 heavy (non-hydrogen) atoms. The van der Waals surface area contributed by atoms with E-state index in [1.54, 1.807) is 0 Å². The molecule has 94 valence electrons. The molecule has 1 aliphatic heterocycles.